The first-order valence-corrected chi connectivity index (χ1v) is 5.98. The molecule has 0 aliphatic carbocycles. The van der Waals surface area contributed by atoms with Crippen LogP contribution in [0.1, 0.15) is 18.0 Å². The number of nitrogens with zero attached hydrogens (tertiary/aromatic N) is 1. The average Bonchev–Trinajstić information content (AvgIpc) is 2.61. The highest BCUT2D eigenvalue weighted by atomic mass is 16.5. The van der Waals surface area contributed by atoms with Crippen molar-refractivity contribution < 1.29 is 4.74 Å². The topological polar surface area (TPSA) is 38.5 Å². The van der Waals surface area contributed by atoms with Gasteiger partial charge < -0.3 is 10.5 Å². The van der Waals surface area contributed by atoms with Crippen LogP contribution in [0.2, 0.25) is 0 Å². The predicted molar refractivity (Wildman–Crippen MR) is 65.2 cm³/mol. The summed E-state index contributed by atoms with van der Waals surface area (Å²) in [5.74, 6) is 0. The largest absolute Gasteiger partial charge is 0.380 e. The van der Waals surface area contributed by atoms with E-state index in [4.69, 9.17) is 10.5 Å². The highest BCUT2D eigenvalue weighted by molar-refractivity contribution is 5.19. The molecular weight excluding hydrogens is 200 g/mol. The molecule has 1 unspecified atom stereocenters. The van der Waals surface area contributed by atoms with Crippen LogP contribution in [0.25, 0.3) is 0 Å². The van der Waals surface area contributed by atoms with E-state index in [1.54, 1.807) is 0 Å². The molecule has 1 aromatic carbocycles. The molecule has 16 heavy (non-hydrogen) atoms. The van der Waals surface area contributed by atoms with Crippen LogP contribution in [-0.4, -0.2) is 37.7 Å². The maximum Gasteiger partial charge on any atom is 0.0593 e. The zero-order chi connectivity index (χ0) is 11.2. The molecule has 1 aromatic rings. The maximum absolute atomic E-state index is 5.90. The average molecular weight is 220 g/mol. The first kappa shape index (κ1) is 11.6. The SMILES string of the molecule is NCC(c1ccccc1)N1CCCOCC1. The predicted octanol–water partition coefficient (Wildman–Crippen LogP) is 1.41. The molecule has 1 aliphatic heterocycles. The molecule has 1 heterocycles. The number of hydrogen-bond acceptors (Lipinski definition) is 3. The molecule has 0 amide bonds. The molecule has 2 rings (SSSR count). The summed E-state index contributed by atoms with van der Waals surface area (Å²) in [6.07, 6.45) is 1.10. The van der Waals surface area contributed by atoms with Crippen LogP contribution in [0.3, 0.4) is 0 Å². The lowest BCUT2D eigenvalue weighted by molar-refractivity contribution is 0.132. The van der Waals surface area contributed by atoms with Crippen molar-refractivity contribution in [3.8, 4) is 0 Å². The lowest BCUT2D eigenvalue weighted by Gasteiger charge is -2.29. The normalized spacial score (nSPS) is 20.3. The molecule has 1 aliphatic rings. The summed E-state index contributed by atoms with van der Waals surface area (Å²) >= 11 is 0. The Morgan fingerprint density at radius 3 is 2.75 bits per heavy atom. The fourth-order valence-corrected chi connectivity index (χ4v) is 2.25. The van der Waals surface area contributed by atoms with Crippen molar-refractivity contribution in [3.63, 3.8) is 0 Å². The van der Waals surface area contributed by atoms with Crippen molar-refractivity contribution in [2.75, 3.05) is 32.8 Å². The molecule has 0 spiro atoms. The second-order valence-corrected chi connectivity index (χ2v) is 4.16. The fraction of sp³-hybridized carbons (Fsp3) is 0.538. The Labute approximate surface area is 97.2 Å². The van der Waals surface area contributed by atoms with Crippen molar-refractivity contribution in [1.29, 1.82) is 0 Å². The monoisotopic (exact) mass is 220 g/mol. The van der Waals surface area contributed by atoms with Gasteiger partial charge in [-0.3, -0.25) is 4.90 Å². The van der Waals surface area contributed by atoms with Crippen LogP contribution in [0.5, 0.6) is 0 Å². The third kappa shape index (κ3) is 2.82. The molecule has 0 aromatic heterocycles. The summed E-state index contributed by atoms with van der Waals surface area (Å²) in [6, 6.07) is 10.8. The quantitative estimate of drug-likeness (QED) is 0.837. The van der Waals surface area contributed by atoms with Crippen LogP contribution in [-0.2, 0) is 4.74 Å². The Kier molecular flexibility index (Phi) is 4.34. The van der Waals surface area contributed by atoms with Gasteiger partial charge >= 0.3 is 0 Å². The lowest BCUT2D eigenvalue weighted by Crippen LogP contribution is -2.35. The number of hydrogen-bond donors (Lipinski definition) is 1. The summed E-state index contributed by atoms with van der Waals surface area (Å²) in [7, 11) is 0. The molecule has 2 N–H and O–H groups in total. The Balaban J connectivity index is 2.09. The molecule has 0 saturated carbocycles. The van der Waals surface area contributed by atoms with E-state index in [1.165, 1.54) is 5.56 Å². The van der Waals surface area contributed by atoms with E-state index in [1.807, 2.05) is 6.07 Å². The molecule has 1 fully saturated rings. The molecule has 1 atom stereocenters. The van der Waals surface area contributed by atoms with Gasteiger partial charge in [-0.15, -0.1) is 0 Å². The van der Waals surface area contributed by atoms with E-state index < -0.39 is 0 Å². The number of nitrogens with two attached hydrogens (primary N) is 1. The second-order valence-electron chi connectivity index (χ2n) is 4.16. The zero-order valence-corrected chi connectivity index (χ0v) is 9.64. The van der Waals surface area contributed by atoms with Gasteiger partial charge in [0.1, 0.15) is 0 Å². The van der Waals surface area contributed by atoms with Gasteiger partial charge in [-0.2, -0.15) is 0 Å². The van der Waals surface area contributed by atoms with Crippen LogP contribution in [0, 0.1) is 0 Å². The highest BCUT2D eigenvalue weighted by Gasteiger charge is 2.19. The molecule has 3 heteroatoms. The molecular formula is C13H20N2O. The second kappa shape index (κ2) is 5.99. The summed E-state index contributed by atoms with van der Waals surface area (Å²) in [6.45, 7) is 4.43. The van der Waals surface area contributed by atoms with Gasteiger partial charge in [0, 0.05) is 32.3 Å². The van der Waals surface area contributed by atoms with Gasteiger partial charge in [-0.25, -0.2) is 0 Å². The zero-order valence-electron chi connectivity index (χ0n) is 9.64. The molecule has 88 valence electrons. The lowest BCUT2D eigenvalue weighted by atomic mass is 10.1. The van der Waals surface area contributed by atoms with E-state index in [0.29, 0.717) is 12.6 Å². The van der Waals surface area contributed by atoms with Gasteiger partial charge in [-0.05, 0) is 12.0 Å². The van der Waals surface area contributed by atoms with Crippen molar-refractivity contribution in [2.45, 2.75) is 12.5 Å². The fourth-order valence-electron chi connectivity index (χ4n) is 2.25. The Hall–Kier alpha value is -0.900. The number of benzene rings is 1. The molecule has 0 radical (unpaired) electrons. The van der Waals surface area contributed by atoms with Gasteiger partial charge in [-0.1, -0.05) is 30.3 Å². The maximum atomic E-state index is 5.90. The smallest absolute Gasteiger partial charge is 0.0593 e. The molecule has 1 saturated heterocycles. The van der Waals surface area contributed by atoms with Gasteiger partial charge in [0.05, 0.1) is 6.61 Å². The van der Waals surface area contributed by atoms with Crippen molar-refractivity contribution >= 4 is 0 Å². The Morgan fingerprint density at radius 1 is 1.19 bits per heavy atom. The minimum Gasteiger partial charge on any atom is -0.380 e. The van der Waals surface area contributed by atoms with Crippen molar-refractivity contribution in [1.82, 2.24) is 4.90 Å². The number of rotatable bonds is 3. The van der Waals surface area contributed by atoms with Crippen LogP contribution in [0.4, 0.5) is 0 Å². The van der Waals surface area contributed by atoms with Crippen LogP contribution >= 0.6 is 0 Å². The third-order valence-electron chi connectivity index (χ3n) is 3.11. The van der Waals surface area contributed by atoms with Crippen molar-refractivity contribution in [2.24, 2.45) is 5.73 Å². The van der Waals surface area contributed by atoms with Gasteiger partial charge in [0.15, 0.2) is 0 Å². The Bertz CT molecular complexity index is 294. The summed E-state index contributed by atoms with van der Waals surface area (Å²) < 4.78 is 5.47. The third-order valence-corrected chi connectivity index (χ3v) is 3.11. The standard InChI is InChI=1S/C13H20N2O/c14-11-13(12-5-2-1-3-6-12)15-7-4-9-16-10-8-15/h1-3,5-6,13H,4,7-11,14H2. The molecule has 3 nitrogen and oxygen atoms in total. The summed E-state index contributed by atoms with van der Waals surface area (Å²) in [5, 5.41) is 0. The van der Waals surface area contributed by atoms with Gasteiger partial charge in [0.25, 0.3) is 0 Å². The van der Waals surface area contributed by atoms with Crippen LogP contribution < -0.4 is 5.73 Å². The van der Waals surface area contributed by atoms with E-state index in [0.717, 1.165) is 32.7 Å². The van der Waals surface area contributed by atoms with Gasteiger partial charge in [0.2, 0.25) is 0 Å². The first-order valence-electron chi connectivity index (χ1n) is 5.98. The van der Waals surface area contributed by atoms with E-state index >= 15 is 0 Å². The Morgan fingerprint density at radius 2 is 2.00 bits per heavy atom. The minimum absolute atomic E-state index is 0.336. The minimum atomic E-state index is 0.336. The summed E-state index contributed by atoms with van der Waals surface area (Å²) in [5.41, 5.74) is 7.22. The van der Waals surface area contributed by atoms with E-state index in [9.17, 15) is 0 Å². The highest BCUT2D eigenvalue weighted by Crippen LogP contribution is 2.20. The van der Waals surface area contributed by atoms with E-state index in [-0.39, 0.29) is 0 Å². The van der Waals surface area contributed by atoms with E-state index in [2.05, 4.69) is 29.2 Å². The van der Waals surface area contributed by atoms with Crippen molar-refractivity contribution in [3.05, 3.63) is 35.9 Å². The van der Waals surface area contributed by atoms with Crippen LogP contribution in [0.15, 0.2) is 30.3 Å². The first-order chi connectivity index (χ1) is 7.92. The number of ether oxygens (including phenoxy) is 1. The summed E-state index contributed by atoms with van der Waals surface area (Å²) in [4.78, 5) is 2.43. The molecule has 0 bridgehead atoms.